The number of hydrogen-bond acceptors (Lipinski definition) is 4. The van der Waals surface area contributed by atoms with E-state index in [2.05, 4.69) is 10.2 Å². The highest BCUT2D eigenvalue weighted by Crippen LogP contribution is 2.31. The van der Waals surface area contributed by atoms with Gasteiger partial charge in [-0.2, -0.15) is 0 Å². The highest BCUT2D eigenvalue weighted by Gasteiger charge is 2.15. The van der Waals surface area contributed by atoms with E-state index >= 15 is 0 Å². The second-order valence-corrected chi connectivity index (χ2v) is 6.38. The van der Waals surface area contributed by atoms with Crippen LogP contribution < -0.4 is 19.7 Å². The van der Waals surface area contributed by atoms with Crippen molar-refractivity contribution in [2.75, 3.05) is 37.0 Å². The van der Waals surface area contributed by atoms with Gasteiger partial charge in [0, 0.05) is 18.8 Å². The van der Waals surface area contributed by atoms with Crippen LogP contribution in [0, 0.1) is 0 Å². The van der Waals surface area contributed by atoms with Crippen molar-refractivity contribution in [1.82, 2.24) is 0 Å². The summed E-state index contributed by atoms with van der Waals surface area (Å²) in [6.45, 7) is 4.70. The number of nitrogens with one attached hydrogen (secondary N) is 1. The normalized spacial score (nSPS) is 13.5. The molecule has 0 radical (unpaired) electrons. The van der Waals surface area contributed by atoms with Gasteiger partial charge in [0.2, 0.25) is 5.91 Å². The minimum atomic E-state index is -0.0639. The molecule has 1 aliphatic heterocycles. The number of hydrogen-bond donors (Lipinski definition) is 1. The Bertz CT molecular complexity index is 737. The van der Waals surface area contributed by atoms with Gasteiger partial charge in [0.1, 0.15) is 11.5 Å². The molecule has 2 aromatic rings. The molecule has 0 saturated carbocycles. The van der Waals surface area contributed by atoms with E-state index in [4.69, 9.17) is 9.47 Å². The van der Waals surface area contributed by atoms with Gasteiger partial charge in [-0.1, -0.05) is 12.1 Å². The third kappa shape index (κ3) is 4.48. The Balaban J connectivity index is 1.68. The van der Waals surface area contributed by atoms with E-state index in [1.807, 2.05) is 49.4 Å². The van der Waals surface area contributed by atoms with Crippen LogP contribution in [0.2, 0.25) is 0 Å². The second-order valence-electron chi connectivity index (χ2n) is 6.38. The molecule has 1 saturated heterocycles. The van der Waals surface area contributed by atoms with Gasteiger partial charge in [-0.15, -0.1) is 0 Å². The molecule has 0 spiro atoms. The fraction of sp³-hybridized carbons (Fsp3) is 0.381. The molecule has 1 heterocycles. The highest BCUT2D eigenvalue weighted by atomic mass is 16.5. The fourth-order valence-electron chi connectivity index (χ4n) is 3.22. The van der Waals surface area contributed by atoms with Crippen molar-refractivity contribution in [3.8, 4) is 11.5 Å². The Hall–Kier alpha value is -2.69. The molecule has 1 amide bonds. The zero-order valence-electron chi connectivity index (χ0n) is 15.5. The summed E-state index contributed by atoms with van der Waals surface area (Å²) >= 11 is 0. The monoisotopic (exact) mass is 354 g/mol. The Morgan fingerprint density at radius 3 is 2.50 bits per heavy atom. The number of rotatable bonds is 7. The van der Waals surface area contributed by atoms with E-state index in [9.17, 15) is 4.79 Å². The van der Waals surface area contributed by atoms with Crippen LogP contribution in [0.1, 0.15) is 25.3 Å². The van der Waals surface area contributed by atoms with Gasteiger partial charge in [0.15, 0.2) is 0 Å². The lowest BCUT2D eigenvalue weighted by atomic mass is 10.1. The van der Waals surface area contributed by atoms with Gasteiger partial charge < -0.3 is 19.7 Å². The quantitative estimate of drug-likeness (QED) is 0.820. The number of methoxy groups -OCH3 is 1. The van der Waals surface area contributed by atoms with Crippen LogP contribution in [-0.2, 0) is 11.2 Å². The molecule has 0 unspecified atom stereocenters. The Labute approximate surface area is 154 Å². The molecular formula is C21H26N2O3. The smallest absolute Gasteiger partial charge is 0.228 e. The van der Waals surface area contributed by atoms with Crippen LogP contribution >= 0.6 is 0 Å². The predicted molar refractivity (Wildman–Crippen MR) is 104 cm³/mol. The molecular weight excluding hydrogens is 328 g/mol. The van der Waals surface area contributed by atoms with E-state index in [-0.39, 0.29) is 5.91 Å². The number of anilines is 2. The van der Waals surface area contributed by atoms with Gasteiger partial charge >= 0.3 is 0 Å². The Kier molecular flexibility index (Phi) is 6.00. The van der Waals surface area contributed by atoms with Crippen LogP contribution in [0.5, 0.6) is 11.5 Å². The molecule has 2 aromatic carbocycles. The molecule has 26 heavy (non-hydrogen) atoms. The van der Waals surface area contributed by atoms with Crippen LogP contribution in [0.4, 0.5) is 11.4 Å². The summed E-state index contributed by atoms with van der Waals surface area (Å²) in [5, 5.41) is 2.99. The summed E-state index contributed by atoms with van der Waals surface area (Å²) in [6.07, 6.45) is 2.74. The average molecular weight is 354 g/mol. The Morgan fingerprint density at radius 1 is 1.12 bits per heavy atom. The van der Waals surface area contributed by atoms with Crippen molar-refractivity contribution in [2.45, 2.75) is 26.2 Å². The summed E-state index contributed by atoms with van der Waals surface area (Å²) in [7, 11) is 1.62. The molecule has 0 bridgehead atoms. The number of benzene rings is 2. The topological polar surface area (TPSA) is 50.8 Å². The molecule has 1 aliphatic rings. The summed E-state index contributed by atoms with van der Waals surface area (Å²) < 4.78 is 10.8. The highest BCUT2D eigenvalue weighted by molar-refractivity contribution is 5.94. The molecule has 1 N–H and O–H groups in total. The molecule has 5 nitrogen and oxygen atoms in total. The van der Waals surface area contributed by atoms with Crippen LogP contribution in [0.15, 0.2) is 42.5 Å². The second kappa shape index (κ2) is 8.61. The molecule has 138 valence electrons. The number of carbonyl (C=O) groups is 1. The molecule has 3 rings (SSSR count). The molecule has 1 fully saturated rings. The third-order valence-corrected chi connectivity index (χ3v) is 4.53. The number of ether oxygens (including phenoxy) is 2. The lowest BCUT2D eigenvalue weighted by molar-refractivity contribution is -0.115. The zero-order valence-corrected chi connectivity index (χ0v) is 15.5. The van der Waals surface area contributed by atoms with Gasteiger partial charge in [-0.3, -0.25) is 4.79 Å². The summed E-state index contributed by atoms with van der Waals surface area (Å²) in [6, 6.07) is 13.6. The standard InChI is InChI=1S/C21H26N2O3/c1-3-26-18-9-6-16(7-10-18)14-21(24)22-19-15-17(8-11-20(19)25-2)23-12-4-5-13-23/h6-11,15H,3-5,12-14H2,1-2H3,(H,22,24). The van der Waals surface area contributed by atoms with Crippen molar-refractivity contribution in [3.63, 3.8) is 0 Å². The van der Waals surface area contributed by atoms with E-state index in [0.717, 1.165) is 30.1 Å². The van der Waals surface area contributed by atoms with Crippen molar-refractivity contribution < 1.29 is 14.3 Å². The predicted octanol–water partition coefficient (Wildman–Crippen LogP) is 3.88. The minimum absolute atomic E-state index is 0.0639. The van der Waals surface area contributed by atoms with Crippen LogP contribution in [-0.4, -0.2) is 32.7 Å². The van der Waals surface area contributed by atoms with Gasteiger partial charge in [0.05, 0.1) is 25.8 Å². The van der Waals surface area contributed by atoms with Gasteiger partial charge in [0.25, 0.3) is 0 Å². The lowest BCUT2D eigenvalue weighted by Gasteiger charge is -2.20. The SMILES string of the molecule is CCOc1ccc(CC(=O)Nc2cc(N3CCCC3)ccc2OC)cc1. The van der Waals surface area contributed by atoms with Gasteiger partial charge in [-0.05, 0) is 55.7 Å². The number of carbonyl (C=O) groups excluding carboxylic acids is 1. The van der Waals surface area contributed by atoms with E-state index in [1.54, 1.807) is 7.11 Å². The van der Waals surface area contributed by atoms with E-state index in [1.165, 1.54) is 12.8 Å². The minimum Gasteiger partial charge on any atom is -0.495 e. The van der Waals surface area contributed by atoms with Crippen LogP contribution in [0.25, 0.3) is 0 Å². The largest absolute Gasteiger partial charge is 0.495 e. The first-order valence-electron chi connectivity index (χ1n) is 9.14. The first kappa shape index (κ1) is 18.1. The summed E-state index contributed by atoms with van der Waals surface area (Å²) in [5.41, 5.74) is 2.79. The molecule has 0 atom stereocenters. The van der Waals surface area contributed by atoms with Crippen molar-refractivity contribution in [1.29, 1.82) is 0 Å². The van der Waals surface area contributed by atoms with E-state index in [0.29, 0.717) is 24.5 Å². The molecule has 0 aliphatic carbocycles. The van der Waals surface area contributed by atoms with E-state index < -0.39 is 0 Å². The Morgan fingerprint density at radius 2 is 1.85 bits per heavy atom. The zero-order chi connectivity index (χ0) is 18.4. The lowest BCUT2D eigenvalue weighted by Crippen LogP contribution is -2.19. The molecule has 5 heteroatoms. The summed E-state index contributed by atoms with van der Waals surface area (Å²) in [5.74, 6) is 1.43. The maximum atomic E-state index is 12.5. The first-order chi connectivity index (χ1) is 12.7. The van der Waals surface area contributed by atoms with Crippen LogP contribution in [0.3, 0.4) is 0 Å². The van der Waals surface area contributed by atoms with Crippen molar-refractivity contribution in [3.05, 3.63) is 48.0 Å². The maximum absolute atomic E-state index is 12.5. The van der Waals surface area contributed by atoms with Crippen molar-refractivity contribution >= 4 is 17.3 Å². The first-order valence-corrected chi connectivity index (χ1v) is 9.14. The summed E-state index contributed by atoms with van der Waals surface area (Å²) in [4.78, 5) is 14.8. The number of amides is 1. The molecule has 0 aromatic heterocycles. The third-order valence-electron chi connectivity index (χ3n) is 4.53. The van der Waals surface area contributed by atoms with Gasteiger partial charge in [-0.25, -0.2) is 0 Å². The fourth-order valence-corrected chi connectivity index (χ4v) is 3.22. The maximum Gasteiger partial charge on any atom is 0.228 e. The van der Waals surface area contributed by atoms with Crippen molar-refractivity contribution in [2.24, 2.45) is 0 Å². The average Bonchev–Trinajstić information content (AvgIpc) is 3.18. The number of nitrogens with zero attached hydrogens (tertiary/aromatic N) is 1.